The highest BCUT2D eigenvalue weighted by Crippen LogP contribution is 2.12. The average Bonchev–Trinajstić information content (AvgIpc) is 2.17. The maximum atomic E-state index is 7.20. The van der Waals surface area contributed by atoms with Crippen molar-refractivity contribution in [2.45, 2.75) is 19.4 Å². The molecule has 82 valence electrons. The van der Waals surface area contributed by atoms with Gasteiger partial charge in [0.2, 0.25) is 5.95 Å². The van der Waals surface area contributed by atoms with Crippen LogP contribution in [-0.4, -0.2) is 28.9 Å². The van der Waals surface area contributed by atoms with Gasteiger partial charge >= 0.3 is 0 Å². The summed E-state index contributed by atoms with van der Waals surface area (Å²) in [5, 5.41) is 7.71. The largest absolute Gasteiger partial charge is 0.388 e. The van der Waals surface area contributed by atoms with Gasteiger partial charge < -0.3 is 10.6 Å². The van der Waals surface area contributed by atoms with Gasteiger partial charge in [0.15, 0.2) is 0 Å². The van der Waals surface area contributed by atoms with Gasteiger partial charge in [-0.1, -0.05) is 11.6 Å². The average molecular weight is 228 g/mol. The Balaban J connectivity index is 2.71. The summed E-state index contributed by atoms with van der Waals surface area (Å²) in [6, 6.07) is 0.0867. The Labute approximate surface area is 93.8 Å². The van der Waals surface area contributed by atoms with Crippen LogP contribution in [0.25, 0.3) is 0 Å². The zero-order chi connectivity index (χ0) is 11.4. The van der Waals surface area contributed by atoms with Crippen LogP contribution < -0.4 is 10.6 Å². The van der Waals surface area contributed by atoms with Gasteiger partial charge in [0.05, 0.1) is 23.3 Å². The van der Waals surface area contributed by atoms with Gasteiger partial charge in [0.25, 0.3) is 0 Å². The molecule has 1 aromatic rings. The number of rotatable bonds is 4. The fourth-order valence-electron chi connectivity index (χ4n) is 1.14. The van der Waals surface area contributed by atoms with E-state index in [0.29, 0.717) is 17.4 Å². The van der Waals surface area contributed by atoms with Crippen LogP contribution in [0.3, 0.4) is 0 Å². The Morgan fingerprint density at radius 3 is 2.60 bits per heavy atom. The normalized spacial score (nSPS) is 12.2. The van der Waals surface area contributed by atoms with Gasteiger partial charge in [-0.3, -0.25) is 5.41 Å². The lowest BCUT2D eigenvalue weighted by Crippen LogP contribution is -2.33. The SMILES string of the molecule is CC(CC(=N)N)N(C)c1ncc(Cl)cn1. The second-order valence-corrected chi connectivity index (χ2v) is 3.83. The molecule has 1 heterocycles. The molecular weight excluding hydrogens is 214 g/mol. The molecule has 0 aliphatic heterocycles. The van der Waals surface area contributed by atoms with Crippen LogP contribution in [0.2, 0.25) is 5.02 Å². The number of nitrogens with zero attached hydrogens (tertiary/aromatic N) is 3. The van der Waals surface area contributed by atoms with Crippen LogP contribution >= 0.6 is 11.6 Å². The second kappa shape index (κ2) is 4.93. The molecule has 0 saturated carbocycles. The van der Waals surface area contributed by atoms with E-state index < -0.39 is 0 Å². The quantitative estimate of drug-likeness (QED) is 0.600. The maximum Gasteiger partial charge on any atom is 0.225 e. The summed E-state index contributed by atoms with van der Waals surface area (Å²) < 4.78 is 0. The minimum Gasteiger partial charge on any atom is -0.388 e. The molecule has 0 aromatic carbocycles. The van der Waals surface area contributed by atoms with E-state index in [-0.39, 0.29) is 11.9 Å². The first-order valence-electron chi connectivity index (χ1n) is 4.54. The van der Waals surface area contributed by atoms with Crippen LogP contribution in [0, 0.1) is 5.41 Å². The van der Waals surface area contributed by atoms with Crippen LogP contribution in [0.1, 0.15) is 13.3 Å². The molecule has 6 heteroatoms. The van der Waals surface area contributed by atoms with Crippen LogP contribution in [0.15, 0.2) is 12.4 Å². The number of hydrogen-bond donors (Lipinski definition) is 2. The van der Waals surface area contributed by atoms with Crippen molar-refractivity contribution < 1.29 is 0 Å². The lowest BCUT2D eigenvalue weighted by molar-refractivity contribution is 0.689. The summed E-state index contributed by atoms with van der Waals surface area (Å²) in [5.74, 6) is 0.733. The lowest BCUT2D eigenvalue weighted by atomic mass is 10.2. The summed E-state index contributed by atoms with van der Waals surface area (Å²) in [6.45, 7) is 1.96. The minimum atomic E-state index is 0.0867. The number of halogens is 1. The number of amidine groups is 1. The molecular formula is C9H14ClN5. The second-order valence-electron chi connectivity index (χ2n) is 3.39. The third-order valence-electron chi connectivity index (χ3n) is 2.10. The fourth-order valence-corrected chi connectivity index (χ4v) is 1.24. The molecule has 1 atom stereocenters. The molecule has 15 heavy (non-hydrogen) atoms. The van der Waals surface area contributed by atoms with E-state index in [1.807, 2.05) is 18.9 Å². The standard InChI is InChI=1S/C9H14ClN5/c1-6(3-8(11)12)15(2)9-13-4-7(10)5-14-9/h4-6H,3H2,1-2H3,(H3,11,12). The highest BCUT2D eigenvalue weighted by Gasteiger charge is 2.13. The number of aromatic nitrogens is 2. The van der Waals surface area contributed by atoms with Gasteiger partial charge in [-0.2, -0.15) is 0 Å². The van der Waals surface area contributed by atoms with Crippen molar-refractivity contribution in [1.82, 2.24) is 9.97 Å². The van der Waals surface area contributed by atoms with Crippen LogP contribution in [-0.2, 0) is 0 Å². The first-order valence-corrected chi connectivity index (χ1v) is 4.91. The van der Waals surface area contributed by atoms with Crippen LogP contribution in [0.4, 0.5) is 5.95 Å². The molecule has 5 nitrogen and oxygen atoms in total. The predicted octanol–water partition coefficient (Wildman–Crippen LogP) is 1.28. The molecule has 0 aliphatic rings. The Morgan fingerprint density at radius 2 is 2.13 bits per heavy atom. The first-order chi connectivity index (χ1) is 7.00. The van der Waals surface area contributed by atoms with E-state index in [9.17, 15) is 0 Å². The molecule has 1 unspecified atom stereocenters. The molecule has 0 fully saturated rings. The lowest BCUT2D eigenvalue weighted by Gasteiger charge is -2.24. The van der Waals surface area contributed by atoms with Crippen molar-refractivity contribution in [3.8, 4) is 0 Å². The van der Waals surface area contributed by atoms with Crippen molar-refractivity contribution in [3.63, 3.8) is 0 Å². The van der Waals surface area contributed by atoms with E-state index in [1.54, 1.807) is 12.4 Å². The molecule has 0 amide bonds. The summed E-state index contributed by atoms with van der Waals surface area (Å²) in [6.07, 6.45) is 3.57. The van der Waals surface area contributed by atoms with Crippen LogP contribution in [0.5, 0.6) is 0 Å². The Morgan fingerprint density at radius 1 is 1.60 bits per heavy atom. The van der Waals surface area contributed by atoms with Gasteiger partial charge in [-0.25, -0.2) is 9.97 Å². The van der Waals surface area contributed by atoms with Crippen molar-refractivity contribution in [2.75, 3.05) is 11.9 Å². The number of nitrogens with two attached hydrogens (primary N) is 1. The molecule has 3 N–H and O–H groups in total. The topological polar surface area (TPSA) is 78.9 Å². The summed E-state index contributed by atoms with van der Waals surface area (Å²) in [5.41, 5.74) is 5.33. The van der Waals surface area contributed by atoms with Crippen molar-refractivity contribution in [1.29, 1.82) is 5.41 Å². The van der Waals surface area contributed by atoms with Gasteiger partial charge in [0, 0.05) is 19.5 Å². The number of nitrogens with one attached hydrogen (secondary N) is 1. The summed E-state index contributed by atoms with van der Waals surface area (Å²) >= 11 is 5.68. The van der Waals surface area contributed by atoms with E-state index in [1.165, 1.54) is 0 Å². The van der Waals surface area contributed by atoms with E-state index in [4.69, 9.17) is 22.7 Å². The van der Waals surface area contributed by atoms with Crippen molar-refractivity contribution in [3.05, 3.63) is 17.4 Å². The van der Waals surface area contributed by atoms with Gasteiger partial charge in [0.1, 0.15) is 0 Å². The zero-order valence-corrected chi connectivity index (χ0v) is 9.49. The predicted molar refractivity (Wildman–Crippen MR) is 61.4 cm³/mol. The van der Waals surface area contributed by atoms with Gasteiger partial charge in [-0.05, 0) is 6.92 Å². The van der Waals surface area contributed by atoms with Gasteiger partial charge in [-0.15, -0.1) is 0 Å². The highest BCUT2D eigenvalue weighted by molar-refractivity contribution is 6.30. The summed E-state index contributed by atoms with van der Waals surface area (Å²) in [4.78, 5) is 10.0. The third-order valence-corrected chi connectivity index (χ3v) is 2.29. The molecule has 0 radical (unpaired) electrons. The van der Waals surface area contributed by atoms with Crippen molar-refractivity contribution in [2.24, 2.45) is 5.73 Å². The molecule has 0 aliphatic carbocycles. The van der Waals surface area contributed by atoms with E-state index in [2.05, 4.69) is 9.97 Å². The molecule has 0 spiro atoms. The van der Waals surface area contributed by atoms with E-state index >= 15 is 0 Å². The monoisotopic (exact) mass is 227 g/mol. The zero-order valence-electron chi connectivity index (χ0n) is 8.74. The minimum absolute atomic E-state index is 0.0867. The van der Waals surface area contributed by atoms with E-state index in [0.717, 1.165) is 0 Å². The maximum absolute atomic E-state index is 7.20. The highest BCUT2D eigenvalue weighted by atomic mass is 35.5. The third kappa shape index (κ3) is 3.36. The fraction of sp³-hybridized carbons (Fsp3) is 0.444. The Bertz CT molecular complexity index is 337. The molecule has 1 aromatic heterocycles. The summed E-state index contributed by atoms with van der Waals surface area (Å²) in [7, 11) is 1.86. The molecule has 0 saturated heterocycles. The number of hydrogen-bond acceptors (Lipinski definition) is 4. The Kier molecular flexibility index (Phi) is 3.85. The number of anilines is 1. The molecule has 0 bridgehead atoms. The Hall–Kier alpha value is -1.36. The first kappa shape index (κ1) is 11.7. The smallest absolute Gasteiger partial charge is 0.225 e. The molecule has 1 rings (SSSR count). The van der Waals surface area contributed by atoms with Crippen molar-refractivity contribution >= 4 is 23.4 Å².